The van der Waals surface area contributed by atoms with E-state index in [4.69, 9.17) is 0 Å². The number of hydrogen-bond acceptors (Lipinski definition) is 3. The molecule has 0 amide bonds. The lowest BCUT2D eigenvalue weighted by Gasteiger charge is -2.45. The minimum atomic E-state index is -0.233. The van der Waals surface area contributed by atoms with Crippen LogP contribution < -0.4 is 9.80 Å². The third-order valence-corrected chi connectivity index (χ3v) is 14.8. The Morgan fingerprint density at radius 2 is 1.08 bits per heavy atom. The summed E-state index contributed by atoms with van der Waals surface area (Å²) in [6, 6.07) is 54.3. The molecule has 3 heterocycles. The maximum Gasteiger partial charge on any atom is 0.0705 e. The number of allylic oxidation sites excluding steroid dienone is 2. The van der Waals surface area contributed by atoms with Gasteiger partial charge >= 0.3 is 0 Å². The smallest absolute Gasteiger partial charge is 0.0705 e. The molecule has 8 aromatic rings. The molecule has 2 unspecified atom stereocenters. The molecule has 2 aliphatic carbocycles. The molecule has 0 spiro atoms. The minimum Gasteiger partial charge on any atom is -0.331 e. The molecule has 1 aromatic heterocycles. The number of benzene rings is 7. The molecule has 0 N–H and O–H groups in total. The summed E-state index contributed by atoms with van der Waals surface area (Å²) in [4.78, 5) is 4.98. The number of fused-ring (bicyclic) bond motifs is 10. The third kappa shape index (κ3) is 5.61. The highest BCUT2D eigenvalue weighted by atomic mass is 32.1. The van der Waals surface area contributed by atoms with Crippen molar-refractivity contribution in [3.05, 3.63) is 215 Å². The summed E-state index contributed by atoms with van der Waals surface area (Å²) >= 11 is 1.87. The van der Waals surface area contributed by atoms with Crippen LogP contribution in [-0.2, 0) is 5.41 Å². The standard InChI is InChI=1S/C58H44N2S/c1-57(2)50-35-39(21-29-46(50)47-30-27-45(37-51(47)57)60-54-18-9-6-14-42(54)25-26-43-15-10-11-33-58(43,60)3)20-19-38-22-31-55-48(34-38)49-36-44(28-32-56(49)61-55)59-52-16-7-4-12-40(52)23-24-41-13-5-8-17-53(41)59/h4-37,43H,1-3H3. The Balaban J connectivity index is 0.878. The first-order valence-electron chi connectivity index (χ1n) is 21.4. The van der Waals surface area contributed by atoms with Gasteiger partial charge in [0.05, 0.1) is 16.9 Å². The van der Waals surface area contributed by atoms with E-state index in [0.29, 0.717) is 0 Å². The van der Waals surface area contributed by atoms with Crippen LogP contribution in [0.4, 0.5) is 28.4 Å². The zero-order valence-electron chi connectivity index (χ0n) is 34.5. The van der Waals surface area contributed by atoms with Gasteiger partial charge in [0.25, 0.3) is 0 Å². The van der Waals surface area contributed by atoms with Crippen molar-refractivity contribution in [3.63, 3.8) is 0 Å². The lowest BCUT2D eigenvalue weighted by Crippen LogP contribution is -2.47. The Labute approximate surface area is 362 Å². The summed E-state index contributed by atoms with van der Waals surface area (Å²) in [5.74, 6) is 0.257. The molecule has 61 heavy (non-hydrogen) atoms. The molecule has 0 saturated carbocycles. The third-order valence-electron chi connectivity index (χ3n) is 13.6. The summed E-state index contributed by atoms with van der Waals surface area (Å²) in [6.45, 7) is 7.16. The molecule has 4 aliphatic rings. The van der Waals surface area contributed by atoms with Crippen LogP contribution in [0.15, 0.2) is 176 Å². The van der Waals surface area contributed by atoms with Crippen LogP contribution in [0, 0.1) is 5.92 Å². The minimum absolute atomic E-state index is 0.159. The number of hydrogen-bond donors (Lipinski definition) is 0. The van der Waals surface area contributed by atoms with Gasteiger partial charge in [-0.15, -0.1) is 11.3 Å². The van der Waals surface area contributed by atoms with E-state index in [0.717, 1.165) is 0 Å². The molecule has 0 fully saturated rings. The number of anilines is 5. The first kappa shape index (κ1) is 36.0. The molecule has 7 aromatic carbocycles. The van der Waals surface area contributed by atoms with Gasteiger partial charge in [-0.3, -0.25) is 0 Å². The van der Waals surface area contributed by atoms with Crippen molar-refractivity contribution in [2.45, 2.75) is 31.7 Å². The number of nitrogens with zero attached hydrogens (tertiary/aromatic N) is 2. The Bertz CT molecular complexity index is 3230. The number of rotatable bonds is 4. The van der Waals surface area contributed by atoms with Crippen molar-refractivity contribution >= 4 is 90.3 Å². The first-order valence-corrected chi connectivity index (χ1v) is 22.2. The summed E-state index contributed by atoms with van der Waals surface area (Å²) < 4.78 is 2.61. The molecule has 2 aliphatic heterocycles. The maximum atomic E-state index is 2.57. The van der Waals surface area contributed by atoms with Crippen molar-refractivity contribution in [1.29, 1.82) is 0 Å². The van der Waals surface area contributed by atoms with Crippen molar-refractivity contribution < 1.29 is 0 Å². The van der Waals surface area contributed by atoms with Gasteiger partial charge in [0.1, 0.15) is 0 Å². The van der Waals surface area contributed by atoms with E-state index < -0.39 is 0 Å². The molecule has 3 heteroatoms. The highest BCUT2D eigenvalue weighted by molar-refractivity contribution is 7.25. The van der Waals surface area contributed by atoms with E-state index in [1.807, 2.05) is 11.3 Å². The average molecular weight is 801 g/mol. The Kier molecular flexibility index (Phi) is 7.98. The van der Waals surface area contributed by atoms with Gasteiger partial charge in [-0.1, -0.05) is 160 Å². The zero-order chi connectivity index (χ0) is 40.9. The van der Waals surface area contributed by atoms with Crippen molar-refractivity contribution in [1.82, 2.24) is 0 Å². The van der Waals surface area contributed by atoms with E-state index in [1.165, 1.54) is 98.7 Å². The fourth-order valence-electron chi connectivity index (χ4n) is 10.4. The van der Waals surface area contributed by atoms with E-state index in [9.17, 15) is 0 Å². The van der Waals surface area contributed by atoms with E-state index in [2.05, 4.69) is 237 Å². The number of thiophene rings is 1. The van der Waals surface area contributed by atoms with Crippen molar-refractivity contribution in [2.24, 2.45) is 5.92 Å². The van der Waals surface area contributed by atoms with Crippen LogP contribution in [0.3, 0.4) is 0 Å². The topological polar surface area (TPSA) is 6.48 Å². The lowest BCUT2D eigenvalue weighted by molar-refractivity contribution is 0.485. The summed E-state index contributed by atoms with van der Waals surface area (Å²) in [7, 11) is 0. The Morgan fingerprint density at radius 1 is 0.508 bits per heavy atom. The summed E-state index contributed by atoms with van der Waals surface area (Å²) in [5, 5.41) is 2.58. The largest absolute Gasteiger partial charge is 0.331 e. The lowest BCUT2D eigenvalue weighted by atomic mass is 9.79. The molecular weight excluding hydrogens is 757 g/mol. The van der Waals surface area contributed by atoms with Gasteiger partial charge in [-0.2, -0.15) is 0 Å². The Morgan fingerprint density at radius 3 is 1.82 bits per heavy atom. The van der Waals surface area contributed by atoms with E-state index in [1.54, 1.807) is 0 Å². The first-order chi connectivity index (χ1) is 29.8. The molecule has 0 bridgehead atoms. The second-order valence-corrected chi connectivity index (χ2v) is 18.7. The fourth-order valence-corrected chi connectivity index (χ4v) is 11.5. The summed E-state index contributed by atoms with van der Waals surface area (Å²) in [5.41, 5.74) is 17.1. The van der Waals surface area contributed by atoms with Crippen molar-refractivity contribution in [2.75, 3.05) is 9.80 Å². The van der Waals surface area contributed by atoms with Gasteiger partial charge in [-0.25, -0.2) is 0 Å². The zero-order valence-corrected chi connectivity index (χ0v) is 35.3. The molecule has 0 saturated heterocycles. The Hall–Kier alpha value is -6.94. The predicted octanol–water partition coefficient (Wildman–Crippen LogP) is 16.2. The van der Waals surface area contributed by atoms with Gasteiger partial charge in [-0.05, 0) is 118 Å². The molecule has 12 rings (SSSR count). The van der Waals surface area contributed by atoms with Gasteiger partial charge in [0, 0.05) is 48.6 Å². The van der Waals surface area contributed by atoms with Crippen LogP contribution in [-0.4, -0.2) is 5.54 Å². The van der Waals surface area contributed by atoms with Crippen LogP contribution in [0.1, 0.15) is 59.7 Å². The van der Waals surface area contributed by atoms with E-state index in [-0.39, 0.29) is 16.9 Å². The SMILES string of the molecule is CC1(C)c2cc(C=Cc3ccc4sc5ccc(N6c7ccccc7C=Cc7ccccc76)cc5c4c3)ccc2-c2ccc(N3c4ccccc4C=CC4C=CC=CC43C)cc21. The monoisotopic (exact) mass is 800 g/mol. The van der Waals surface area contributed by atoms with Crippen LogP contribution in [0.2, 0.25) is 0 Å². The quantitative estimate of drug-likeness (QED) is 0.164. The normalized spacial score (nSPS) is 19.0. The number of para-hydroxylation sites is 3. The molecule has 292 valence electrons. The van der Waals surface area contributed by atoms with E-state index >= 15 is 0 Å². The summed E-state index contributed by atoms with van der Waals surface area (Å²) in [6.07, 6.45) is 22.8. The van der Waals surface area contributed by atoms with Crippen LogP contribution in [0.25, 0.3) is 61.7 Å². The highest BCUT2D eigenvalue weighted by Crippen LogP contribution is 2.53. The average Bonchev–Trinajstić information content (AvgIpc) is 3.62. The van der Waals surface area contributed by atoms with Crippen LogP contribution in [0.5, 0.6) is 0 Å². The molecule has 0 radical (unpaired) electrons. The molecule has 2 nitrogen and oxygen atoms in total. The molecule has 2 atom stereocenters. The fraction of sp³-hybridized carbons (Fsp3) is 0.103. The second kappa shape index (κ2) is 13.5. The van der Waals surface area contributed by atoms with Gasteiger partial charge in [0.2, 0.25) is 0 Å². The highest BCUT2D eigenvalue weighted by Gasteiger charge is 2.41. The predicted molar refractivity (Wildman–Crippen MR) is 264 cm³/mol. The van der Waals surface area contributed by atoms with Gasteiger partial charge < -0.3 is 9.80 Å². The second-order valence-electron chi connectivity index (χ2n) is 17.6. The van der Waals surface area contributed by atoms with Crippen LogP contribution >= 0.6 is 11.3 Å². The maximum absolute atomic E-state index is 2.57. The van der Waals surface area contributed by atoms with Crippen molar-refractivity contribution in [3.8, 4) is 11.1 Å². The van der Waals surface area contributed by atoms with Gasteiger partial charge in [0.15, 0.2) is 0 Å². The molecular formula is C58H44N2S.